The molecule has 0 spiro atoms. The molecule has 1 saturated heterocycles. The topological polar surface area (TPSA) is 26.0 Å². The van der Waals surface area contributed by atoms with Gasteiger partial charge in [0.05, 0.1) is 0 Å². The fourth-order valence-corrected chi connectivity index (χ4v) is 5.79. The van der Waals surface area contributed by atoms with Gasteiger partial charge in [-0.2, -0.15) is 23.5 Å². The van der Waals surface area contributed by atoms with Crippen LogP contribution in [0, 0.1) is 5.92 Å². The molecular formula is C12H23NS2. The molecule has 1 heterocycles. The SMILES string of the molecule is CC1SCCSC1C(N)CC1CCCC1. The summed E-state index contributed by atoms with van der Waals surface area (Å²) in [4.78, 5) is 0. The maximum absolute atomic E-state index is 6.38. The Morgan fingerprint density at radius 2 is 1.87 bits per heavy atom. The number of rotatable bonds is 3. The highest BCUT2D eigenvalue weighted by atomic mass is 32.2. The third-order valence-electron chi connectivity index (χ3n) is 3.74. The van der Waals surface area contributed by atoms with E-state index in [-0.39, 0.29) is 0 Å². The van der Waals surface area contributed by atoms with Gasteiger partial charge in [0, 0.05) is 28.0 Å². The smallest absolute Gasteiger partial charge is 0.0315 e. The third kappa shape index (κ3) is 3.31. The van der Waals surface area contributed by atoms with E-state index in [2.05, 4.69) is 30.4 Å². The Labute approximate surface area is 102 Å². The molecule has 1 aliphatic carbocycles. The van der Waals surface area contributed by atoms with Gasteiger partial charge in [-0.15, -0.1) is 0 Å². The van der Waals surface area contributed by atoms with Gasteiger partial charge in [-0.25, -0.2) is 0 Å². The van der Waals surface area contributed by atoms with E-state index in [4.69, 9.17) is 5.73 Å². The zero-order valence-electron chi connectivity index (χ0n) is 9.65. The van der Waals surface area contributed by atoms with Crippen LogP contribution in [-0.2, 0) is 0 Å². The van der Waals surface area contributed by atoms with Crippen molar-refractivity contribution in [3.63, 3.8) is 0 Å². The summed E-state index contributed by atoms with van der Waals surface area (Å²) < 4.78 is 0. The molecule has 2 aliphatic rings. The highest BCUT2D eigenvalue weighted by molar-refractivity contribution is 8.07. The Kier molecular flexibility index (Phi) is 4.71. The number of thioether (sulfide) groups is 2. The second-order valence-corrected chi connectivity index (χ2v) is 7.73. The van der Waals surface area contributed by atoms with Gasteiger partial charge in [-0.1, -0.05) is 32.6 Å². The Balaban J connectivity index is 1.80. The minimum Gasteiger partial charge on any atom is -0.327 e. The monoisotopic (exact) mass is 245 g/mol. The Morgan fingerprint density at radius 3 is 2.53 bits per heavy atom. The molecule has 15 heavy (non-hydrogen) atoms. The zero-order valence-corrected chi connectivity index (χ0v) is 11.3. The highest BCUT2D eigenvalue weighted by Crippen LogP contribution is 2.36. The van der Waals surface area contributed by atoms with Crippen molar-refractivity contribution >= 4 is 23.5 Å². The summed E-state index contributed by atoms with van der Waals surface area (Å²) in [6.45, 7) is 2.36. The first-order valence-corrected chi connectivity index (χ1v) is 8.36. The van der Waals surface area contributed by atoms with Crippen LogP contribution in [-0.4, -0.2) is 28.0 Å². The second kappa shape index (κ2) is 5.83. The molecule has 2 rings (SSSR count). The van der Waals surface area contributed by atoms with E-state index in [1.54, 1.807) is 0 Å². The van der Waals surface area contributed by atoms with Crippen LogP contribution in [0.3, 0.4) is 0 Å². The lowest BCUT2D eigenvalue weighted by molar-refractivity contribution is 0.432. The summed E-state index contributed by atoms with van der Waals surface area (Å²) in [6, 6.07) is 0.445. The maximum atomic E-state index is 6.38. The van der Waals surface area contributed by atoms with Gasteiger partial charge in [0.25, 0.3) is 0 Å². The first-order chi connectivity index (χ1) is 7.27. The van der Waals surface area contributed by atoms with Crippen LogP contribution in [0.25, 0.3) is 0 Å². The van der Waals surface area contributed by atoms with E-state index in [0.29, 0.717) is 11.3 Å². The molecule has 0 radical (unpaired) electrons. The standard InChI is InChI=1S/C12H23NS2/c1-9-12(15-7-6-14-9)11(13)8-10-4-2-3-5-10/h9-12H,2-8,13H2,1H3. The van der Waals surface area contributed by atoms with Crippen molar-refractivity contribution in [1.82, 2.24) is 0 Å². The number of hydrogen-bond donors (Lipinski definition) is 1. The van der Waals surface area contributed by atoms with Gasteiger partial charge in [-0.3, -0.25) is 0 Å². The fourth-order valence-electron chi connectivity index (χ4n) is 2.89. The van der Waals surface area contributed by atoms with E-state index in [1.165, 1.54) is 43.6 Å². The predicted octanol–water partition coefficient (Wildman–Crippen LogP) is 3.13. The van der Waals surface area contributed by atoms with E-state index in [9.17, 15) is 0 Å². The summed E-state index contributed by atoms with van der Waals surface area (Å²) >= 11 is 4.23. The Bertz CT molecular complexity index is 192. The average molecular weight is 245 g/mol. The van der Waals surface area contributed by atoms with Gasteiger partial charge in [0.1, 0.15) is 0 Å². The fraction of sp³-hybridized carbons (Fsp3) is 1.00. The molecule has 88 valence electrons. The Morgan fingerprint density at radius 1 is 1.20 bits per heavy atom. The molecule has 2 N–H and O–H groups in total. The third-order valence-corrected chi connectivity index (χ3v) is 7.01. The minimum absolute atomic E-state index is 0.445. The molecule has 0 aromatic carbocycles. The number of hydrogen-bond acceptors (Lipinski definition) is 3. The quantitative estimate of drug-likeness (QED) is 0.827. The molecule has 1 saturated carbocycles. The lowest BCUT2D eigenvalue weighted by Crippen LogP contribution is -2.41. The van der Waals surface area contributed by atoms with Gasteiger partial charge in [0.15, 0.2) is 0 Å². The van der Waals surface area contributed by atoms with E-state index in [1.807, 2.05) is 0 Å². The molecule has 0 aromatic heterocycles. The summed E-state index contributed by atoms with van der Waals surface area (Å²) in [6.07, 6.45) is 7.04. The summed E-state index contributed by atoms with van der Waals surface area (Å²) in [5.41, 5.74) is 6.38. The van der Waals surface area contributed by atoms with E-state index < -0.39 is 0 Å². The van der Waals surface area contributed by atoms with Crippen molar-refractivity contribution < 1.29 is 0 Å². The predicted molar refractivity (Wildman–Crippen MR) is 72.7 cm³/mol. The van der Waals surface area contributed by atoms with Gasteiger partial charge in [0.2, 0.25) is 0 Å². The zero-order chi connectivity index (χ0) is 10.7. The number of nitrogens with two attached hydrogens (primary N) is 1. The lowest BCUT2D eigenvalue weighted by Gasteiger charge is -2.33. The molecule has 3 unspecified atom stereocenters. The van der Waals surface area contributed by atoms with Crippen molar-refractivity contribution in [3.8, 4) is 0 Å². The summed E-state index contributed by atoms with van der Waals surface area (Å²) in [5, 5.41) is 1.48. The van der Waals surface area contributed by atoms with Crippen LogP contribution in [0.2, 0.25) is 0 Å². The molecule has 0 amide bonds. The van der Waals surface area contributed by atoms with Crippen LogP contribution in [0.15, 0.2) is 0 Å². The van der Waals surface area contributed by atoms with Crippen molar-refractivity contribution in [2.45, 2.75) is 55.6 Å². The maximum Gasteiger partial charge on any atom is 0.0315 e. The van der Waals surface area contributed by atoms with Gasteiger partial charge >= 0.3 is 0 Å². The molecule has 3 atom stereocenters. The summed E-state index contributed by atoms with van der Waals surface area (Å²) in [7, 11) is 0. The average Bonchev–Trinajstić information content (AvgIpc) is 2.71. The lowest BCUT2D eigenvalue weighted by atomic mass is 9.96. The molecule has 1 aliphatic heterocycles. The van der Waals surface area contributed by atoms with E-state index >= 15 is 0 Å². The molecule has 2 fully saturated rings. The van der Waals surface area contributed by atoms with Crippen molar-refractivity contribution in [2.75, 3.05) is 11.5 Å². The highest BCUT2D eigenvalue weighted by Gasteiger charge is 2.30. The molecule has 0 bridgehead atoms. The van der Waals surface area contributed by atoms with Crippen LogP contribution >= 0.6 is 23.5 Å². The molecule has 0 aromatic rings. The normalized spacial score (nSPS) is 35.6. The summed E-state index contributed by atoms with van der Waals surface area (Å²) in [5.74, 6) is 3.57. The van der Waals surface area contributed by atoms with Gasteiger partial charge in [-0.05, 0) is 12.3 Å². The van der Waals surface area contributed by atoms with Crippen molar-refractivity contribution in [3.05, 3.63) is 0 Å². The van der Waals surface area contributed by atoms with Crippen LogP contribution in [0.5, 0.6) is 0 Å². The van der Waals surface area contributed by atoms with Crippen molar-refractivity contribution in [2.24, 2.45) is 11.7 Å². The first-order valence-electron chi connectivity index (χ1n) is 6.26. The second-order valence-electron chi connectivity index (χ2n) is 4.96. The Hall–Kier alpha value is 0.660. The largest absolute Gasteiger partial charge is 0.327 e. The van der Waals surface area contributed by atoms with Crippen LogP contribution < -0.4 is 5.73 Å². The van der Waals surface area contributed by atoms with Gasteiger partial charge < -0.3 is 5.73 Å². The van der Waals surface area contributed by atoms with E-state index in [0.717, 1.165) is 11.2 Å². The molecule has 3 heteroatoms. The molecular weight excluding hydrogens is 222 g/mol. The van der Waals surface area contributed by atoms with Crippen LogP contribution in [0.4, 0.5) is 0 Å². The molecule has 1 nitrogen and oxygen atoms in total. The first kappa shape index (κ1) is 12.1. The minimum atomic E-state index is 0.445. The van der Waals surface area contributed by atoms with Crippen molar-refractivity contribution in [1.29, 1.82) is 0 Å². The van der Waals surface area contributed by atoms with Crippen LogP contribution in [0.1, 0.15) is 39.0 Å².